The van der Waals surface area contributed by atoms with Crippen LogP contribution >= 0.6 is 0 Å². The number of benzene rings is 2. The Morgan fingerprint density at radius 3 is 2.34 bits per heavy atom. The molecule has 4 aromatic rings. The number of fused-ring (bicyclic) bond motifs is 1. The van der Waals surface area contributed by atoms with Crippen LogP contribution in [0.15, 0.2) is 53.3 Å². The molecule has 1 amide bonds. The summed E-state index contributed by atoms with van der Waals surface area (Å²) >= 11 is 0. The zero-order valence-corrected chi connectivity index (χ0v) is 17.3. The summed E-state index contributed by atoms with van der Waals surface area (Å²) in [5.41, 5.74) is 6.55. The minimum Gasteiger partial charge on any atom is -0.497 e. The van der Waals surface area contributed by atoms with Gasteiger partial charge in [0.15, 0.2) is 17.2 Å². The zero-order chi connectivity index (χ0) is 22.8. The van der Waals surface area contributed by atoms with Crippen LogP contribution in [0.4, 0.5) is 0 Å². The summed E-state index contributed by atoms with van der Waals surface area (Å²) in [6.45, 7) is 1.97. The normalized spacial score (nSPS) is 10.8. The van der Waals surface area contributed by atoms with Gasteiger partial charge in [0.05, 0.1) is 25.0 Å². The van der Waals surface area contributed by atoms with E-state index in [1.165, 1.54) is 4.57 Å². The van der Waals surface area contributed by atoms with Crippen molar-refractivity contribution in [2.75, 3.05) is 13.7 Å². The van der Waals surface area contributed by atoms with E-state index in [1.807, 2.05) is 0 Å². The fourth-order valence-corrected chi connectivity index (χ4v) is 3.23. The average molecular weight is 433 g/mol. The molecular formula is C22H19N5O5. The van der Waals surface area contributed by atoms with E-state index in [4.69, 9.17) is 15.2 Å². The number of H-pyrrole nitrogens is 1. The van der Waals surface area contributed by atoms with Gasteiger partial charge in [-0.05, 0) is 55.5 Å². The molecule has 10 heteroatoms. The van der Waals surface area contributed by atoms with Crippen molar-refractivity contribution in [1.82, 2.24) is 19.5 Å². The number of nitrogens with zero attached hydrogens (tertiary/aromatic N) is 3. The Hall–Kier alpha value is -4.47. The summed E-state index contributed by atoms with van der Waals surface area (Å²) in [6, 6.07) is 13.2. The van der Waals surface area contributed by atoms with Crippen molar-refractivity contribution in [3.05, 3.63) is 70.3 Å². The predicted molar refractivity (Wildman–Crippen MR) is 116 cm³/mol. The number of imidazole rings is 1. The third-order valence-corrected chi connectivity index (χ3v) is 4.75. The molecule has 2 heterocycles. The van der Waals surface area contributed by atoms with E-state index < -0.39 is 17.6 Å². The first-order valence-electron chi connectivity index (χ1n) is 9.67. The maximum Gasteiger partial charge on any atom is 0.338 e. The monoisotopic (exact) mass is 433 g/mol. The van der Waals surface area contributed by atoms with Gasteiger partial charge >= 0.3 is 11.7 Å². The molecule has 0 unspecified atom stereocenters. The Morgan fingerprint density at radius 2 is 1.75 bits per heavy atom. The summed E-state index contributed by atoms with van der Waals surface area (Å²) in [5, 5.41) is 0. The lowest BCUT2D eigenvalue weighted by molar-refractivity contribution is 0.0526. The SMILES string of the molecule is CCOC(=O)c1ccc(-n2c(=O)[nH]c3c(C(N)=O)nc(-c4ccc(OC)cc4)nc32)cc1. The molecular weight excluding hydrogens is 414 g/mol. The number of methoxy groups -OCH3 is 1. The first-order valence-corrected chi connectivity index (χ1v) is 9.67. The predicted octanol–water partition coefficient (Wildman–Crippen LogP) is 2.06. The number of carbonyl (C=O) groups is 2. The second-order valence-electron chi connectivity index (χ2n) is 6.72. The Kier molecular flexibility index (Phi) is 5.42. The molecule has 32 heavy (non-hydrogen) atoms. The molecule has 0 atom stereocenters. The largest absolute Gasteiger partial charge is 0.497 e. The lowest BCUT2D eigenvalue weighted by Gasteiger charge is -2.08. The number of carbonyl (C=O) groups excluding carboxylic acids is 2. The number of hydrogen-bond donors (Lipinski definition) is 2. The van der Waals surface area contributed by atoms with Gasteiger partial charge in [-0.1, -0.05) is 0 Å². The standard InChI is InChI=1S/C22H19N5O5/c1-3-32-21(29)13-4-8-14(9-5-13)27-20-17(25-22(27)30)16(18(23)28)24-19(26-20)12-6-10-15(31-2)11-7-12/h4-11H,3H2,1-2H3,(H2,23,28)(H,25,30). The number of esters is 1. The van der Waals surface area contributed by atoms with Crippen molar-refractivity contribution in [2.24, 2.45) is 5.73 Å². The molecule has 3 N–H and O–H groups in total. The van der Waals surface area contributed by atoms with Crippen molar-refractivity contribution < 1.29 is 19.1 Å². The van der Waals surface area contributed by atoms with Crippen LogP contribution in [0.3, 0.4) is 0 Å². The molecule has 2 aromatic carbocycles. The van der Waals surface area contributed by atoms with Gasteiger partial charge in [0.1, 0.15) is 11.3 Å². The van der Waals surface area contributed by atoms with Crippen LogP contribution in [-0.4, -0.2) is 45.1 Å². The second kappa shape index (κ2) is 8.34. The van der Waals surface area contributed by atoms with Crippen LogP contribution in [-0.2, 0) is 4.74 Å². The topological polar surface area (TPSA) is 142 Å². The number of rotatable bonds is 6. The number of hydrogen-bond acceptors (Lipinski definition) is 7. The first kappa shape index (κ1) is 20.8. The highest BCUT2D eigenvalue weighted by Crippen LogP contribution is 2.24. The van der Waals surface area contributed by atoms with Gasteiger partial charge in [-0.25, -0.2) is 24.1 Å². The number of aromatic nitrogens is 4. The number of primary amides is 1. The fourth-order valence-electron chi connectivity index (χ4n) is 3.23. The van der Waals surface area contributed by atoms with Gasteiger partial charge < -0.3 is 20.2 Å². The van der Waals surface area contributed by atoms with E-state index >= 15 is 0 Å². The highest BCUT2D eigenvalue weighted by atomic mass is 16.5. The zero-order valence-electron chi connectivity index (χ0n) is 17.3. The molecule has 4 rings (SSSR count). The third kappa shape index (κ3) is 3.69. The van der Waals surface area contributed by atoms with Crippen LogP contribution < -0.4 is 16.2 Å². The number of nitrogens with two attached hydrogens (primary N) is 1. The Morgan fingerprint density at radius 1 is 1.06 bits per heavy atom. The highest BCUT2D eigenvalue weighted by molar-refractivity contribution is 6.02. The van der Waals surface area contributed by atoms with E-state index in [2.05, 4.69) is 15.0 Å². The van der Waals surface area contributed by atoms with Crippen LogP contribution in [0.5, 0.6) is 5.75 Å². The maximum atomic E-state index is 12.7. The Labute approximate surface area is 181 Å². The number of aromatic amines is 1. The van der Waals surface area contributed by atoms with Crippen LogP contribution in [0.25, 0.3) is 28.2 Å². The Bertz CT molecular complexity index is 1370. The van der Waals surface area contributed by atoms with Crippen molar-refractivity contribution in [2.45, 2.75) is 6.92 Å². The van der Waals surface area contributed by atoms with Crippen molar-refractivity contribution in [3.8, 4) is 22.8 Å². The maximum absolute atomic E-state index is 12.7. The van der Waals surface area contributed by atoms with E-state index in [0.29, 0.717) is 22.6 Å². The molecule has 0 fully saturated rings. The van der Waals surface area contributed by atoms with Crippen molar-refractivity contribution >= 4 is 23.0 Å². The highest BCUT2D eigenvalue weighted by Gasteiger charge is 2.20. The summed E-state index contributed by atoms with van der Waals surface area (Å²) in [7, 11) is 1.55. The van der Waals surface area contributed by atoms with Crippen LogP contribution in [0.2, 0.25) is 0 Å². The van der Waals surface area contributed by atoms with E-state index in [0.717, 1.165) is 0 Å². The average Bonchev–Trinajstić information content (AvgIpc) is 3.14. The quantitative estimate of drug-likeness (QED) is 0.443. The molecule has 0 spiro atoms. The molecule has 2 aromatic heterocycles. The molecule has 0 aliphatic carbocycles. The van der Waals surface area contributed by atoms with Gasteiger partial charge in [-0.3, -0.25) is 4.79 Å². The number of nitrogens with one attached hydrogen (secondary N) is 1. The molecule has 0 saturated heterocycles. The summed E-state index contributed by atoms with van der Waals surface area (Å²) < 4.78 is 11.4. The number of ether oxygens (including phenoxy) is 2. The fraction of sp³-hybridized carbons (Fsp3) is 0.136. The molecule has 10 nitrogen and oxygen atoms in total. The van der Waals surface area contributed by atoms with Crippen molar-refractivity contribution in [3.63, 3.8) is 0 Å². The minimum absolute atomic E-state index is 0.111. The summed E-state index contributed by atoms with van der Waals surface area (Å²) in [4.78, 5) is 48.1. The van der Waals surface area contributed by atoms with E-state index in [-0.39, 0.29) is 29.3 Å². The van der Waals surface area contributed by atoms with Gasteiger partial charge in [0.2, 0.25) is 0 Å². The van der Waals surface area contributed by atoms with E-state index in [9.17, 15) is 14.4 Å². The molecule has 0 bridgehead atoms. The Balaban J connectivity index is 1.89. The van der Waals surface area contributed by atoms with Crippen LogP contribution in [0.1, 0.15) is 27.8 Å². The summed E-state index contributed by atoms with van der Waals surface area (Å²) in [6.07, 6.45) is 0. The van der Waals surface area contributed by atoms with Gasteiger partial charge in [0, 0.05) is 5.56 Å². The molecule has 0 aliphatic heterocycles. The van der Waals surface area contributed by atoms with Gasteiger partial charge in [-0.15, -0.1) is 0 Å². The van der Waals surface area contributed by atoms with Crippen LogP contribution in [0, 0.1) is 0 Å². The smallest absolute Gasteiger partial charge is 0.338 e. The molecule has 0 saturated carbocycles. The molecule has 162 valence electrons. The first-order chi connectivity index (χ1) is 15.4. The lowest BCUT2D eigenvalue weighted by atomic mass is 10.2. The lowest BCUT2D eigenvalue weighted by Crippen LogP contribution is -2.15. The number of amides is 1. The minimum atomic E-state index is -0.807. The second-order valence-corrected chi connectivity index (χ2v) is 6.72. The van der Waals surface area contributed by atoms with Crippen molar-refractivity contribution in [1.29, 1.82) is 0 Å². The van der Waals surface area contributed by atoms with Gasteiger partial charge in [0.25, 0.3) is 5.91 Å². The molecule has 0 radical (unpaired) electrons. The summed E-state index contributed by atoms with van der Waals surface area (Å²) in [5.74, 6) is -0.418. The third-order valence-electron chi connectivity index (χ3n) is 4.75. The van der Waals surface area contributed by atoms with Gasteiger partial charge in [-0.2, -0.15) is 0 Å². The molecule has 0 aliphatic rings. The van der Waals surface area contributed by atoms with E-state index in [1.54, 1.807) is 62.6 Å².